The third-order valence-electron chi connectivity index (χ3n) is 2.82. The lowest BCUT2D eigenvalue weighted by Crippen LogP contribution is -2.27. The monoisotopic (exact) mass is 293 g/mol. The van der Waals surface area contributed by atoms with Crippen molar-refractivity contribution in [2.75, 3.05) is 6.54 Å². The molecule has 0 radical (unpaired) electrons. The van der Waals surface area contributed by atoms with Crippen LogP contribution >= 0.6 is 0 Å². The van der Waals surface area contributed by atoms with Gasteiger partial charge in [-0.05, 0) is 29.7 Å². The van der Waals surface area contributed by atoms with Crippen LogP contribution in [0.1, 0.15) is 11.1 Å². The van der Waals surface area contributed by atoms with Gasteiger partial charge >= 0.3 is 0 Å². The van der Waals surface area contributed by atoms with Crippen molar-refractivity contribution in [3.63, 3.8) is 0 Å². The van der Waals surface area contributed by atoms with Crippen molar-refractivity contribution in [2.45, 2.75) is 12.2 Å². The van der Waals surface area contributed by atoms with Crippen molar-refractivity contribution in [1.82, 2.24) is 4.72 Å². The minimum absolute atomic E-state index is 0.0447. The fraction of sp³-hybridized carbons (Fsp3) is 0.200. The summed E-state index contributed by atoms with van der Waals surface area (Å²) in [5, 5.41) is 0. The van der Waals surface area contributed by atoms with Gasteiger partial charge in [0.2, 0.25) is 10.0 Å². The molecule has 5 heteroatoms. The van der Waals surface area contributed by atoms with E-state index in [4.69, 9.17) is 0 Å². The molecule has 0 saturated carbocycles. The molecule has 0 aromatic heterocycles. The molecule has 1 N–H and O–H groups in total. The molecule has 0 aliphatic heterocycles. The summed E-state index contributed by atoms with van der Waals surface area (Å²) in [5.74, 6) is -0.355. The standard InChI is InChI=1S/C15H16FNO2S/c16-15-8-4-7-13(11-15)9-10-17-20(18,19)12-14-5-2-1-3-6-14/h1-8,11,17H,9-10,12H2. The SMILES string of the molecule is O=S(=O)(Cc1ccccc1)NCCc1cccc(F)c1. The van der Waals surface area contributed by atoms with Crippen LogP contribution in [0.3, 0.4) is 0 Å². The van der Waals surface area contributed by atoms with Gasteiger partial charge in [0.05, 0.1) is 5.75 Å². The average Bonchev–Trinajstić information content (AvgIpc) is 2.39. The molecular weight excluding hydrogens is 277 g/mol. The fourth-order valence-corrected chi connectivity index (χ4v) is 3.03. The van der Waals surface area contributed by atoms with E-state index in [9.17, 15) is 12.8 Å². The summed E-state index contributed by atoms with van der Waals surface area (Å²) < 4.78 is 39.2. The molecule has 0 saturated heterocycles. The Hall–Kier alpha value is -1.72. The molecule has 0 heterocycles. The second kappa shape index (κ2) is 6.63. The highest BCUT2D eigenvalue weighted by Crippen LogP contribution is 2.06. The lowest BCUT2D eigenvalue weighted by Gasteiger charge is -2.07. The van der Waals surface area contributed by atoms with Gasteiger partial charge in [0.1, 0.15) is 5.82 Å². The quantitative estimate of drug-likeness (QED) is 0.889. The molecular formula is C15H16FNO2S. The molecule has 106 valence electrons. The second-order valence-corrected chi connectivity index (χ2v) is 6.33. The molecule has 3 nitrogen and oxygen atoms in total. The van der Waals surface area contributed by atoms with Crippen LogP contribution in [0, 0.1) is 5.82 Å². The molecule has 0 aliphatic rings. The van der Waals surface area contributed by atoms with Gasteiger partial charge in [-0.15, -0.1) is 0 Å². The summed E-state index contributed by atoms with van der Waals surface area (Å²) in [7, 11) is -3.36. The molecule has 2 aromatic rings. The molecule has 0 unspecified atom stereocenters. The number of rotatable bonds is 6. The van der Waals surface area contributed by atoms with Gasteiger partial charge in [-0.1, -0.05) is 42.5 Å². The van der Waals surface area contributed by atoms with Gasteiger partial charge in [-0.3, -0.25) is 0 Å². The Balaban J connectivity index is 1.87. The van der Waals surface area contributed by atoms with Gasteiger partial charge in [-0.25, -0.2) is 17.5 Å². The first kappa shape index (κ1) is 14.7. The molecule has 2 rings (SSSR count). The highest BCUT2D eigenvalue weighted by atomic mass is 32.2. The summed E-state index contributed by atoms with van der Waals surface area (Å²) in [4.78, 5) is 0. The maximum atomic E-state index is 13.0. The predicted octanol–water partition coefficient (Wildman–Crippen LogP) is 2.49. The summed E-state index contributed by atoms with van der Waals surface area (Å²) in [6.07, 6.45) is 0.464. The van der Waals surface area contributed by atoms with Gasteiger partial charge in [0, 0.05) is 6.54 Å². The van der Waals surface area contributed by atoms with Crippen molar-refractivity contribution in [1.29, 1.82) is 0 Å². The number of halogens is 1. The zero-order valence-corrected chi connectivity index (χ0v) is 11.7. The molecule has 0 aliphatic carbocycles. The lowest BCUT2D eigenvalue weighted by molar-refractivity contribution is 0.580. The average molecular weight is 293 g/mol. The van der Waals surface area contributed by atoms with Crippen LogP contribution < -0.4 is 4.72 Å². The molecule has 0 atom stereocenters. The smallest absolute Gasteiger partial charge is 0.215 e. The largest absolute Gasteiger partial charge is 0.215 e. The Morgan fingerprint density at radius 3 is 2.35 bits per heavy atom. The van der Waals surface area contributed by atoms with Gasteiger partial charge in [-0.2, -0.15) is 0 Å². The van der Waals surface area contributed by atoms with Crippen LogP contribution in [-0.4, -0.2) is 15.0 Å². The van der Waals surface area contributed by atoms with Crippen LogP contribution in [0.25, 0.3) is 0 Å². The molecule has 2 aromatic carbocycles. The zero-order chi connectivity index (χ0) is 14.4. The Morgan fingerprint density at radius 2 is 1.65 bits per heavy atom. The molecule has 20 heavy (non-hydrogen) atoms. The Labute approximate surface area is 118 Å². The van der Waals surface area contributed by atoms with Crippen molar-refractivity contribution in [2.24, 2.45) is 0 Å². The number of sulfonamides is 1. The number of benzene rings is 2. The first-order valence-corrected chi connectivity index (χ1v) is 7.96. The van der Waals surface area contributed by atoms with E-state index in [1.165, 1.54) is 12.1 Å². The Bertz CT molecular complexity index is 657. The van der Waals surface area contributed by atoms with Crippen molar-refractivity contribution in [3.8, 4) is 0 Å². The third-order valence-corrected chi connectivity index (χ3v) is 4.18. The number of hydrogen-bond donors (Lipinski definition) is 1. The predicted molar refractivity (Wildman–Crippen MR) is 77.2 cm³/mol. The van der Waals surface area contributed by atoms with Crippen LogP contribution in [0.15, 0.2) is 54.6 Å². The van der Waals surface area contributed by atoms with E-state index in [-0.39, 0.29) is 18.1 Å². The highest BCUT2D eigenvalue weighted by Gasteiger charge is 2.10. The van der Waals surface area contributed by atoms with Crippen molar-refractivity contribution < 1.29 is 12.8 Å². The van der Waals surface area contributed by atoms with E-state index in [2.05, 4.69) is 4.72 Å². The summed E-state index contributed by atoms with van der Waals surface area (Å²) in [6, 6.07) is 15.1. The summed E-state index contributed by atoms with van der Waals surface area (Å²) in [6.45, 7) is 0.263. The van der Waals surface area contributed by atoms with Gasteiger partial charge in [0.15, 0.2) is 0 Å². The molecule has 0 spiro atoms. The minimum atomic E-state index is -3.36. The van der Waals surface area contributed by atoms with E-state index in [0.29, 0.717) is 6.42 Å². The van der Waals surface area contributed by atoms with E-state index in [1.807, 2.05) is 6.07 Å². The van der Waals surface area contributed by atoms with Gasteiger partial charge in [0.25, 0.3) is 0 Å². The normalized spacial score (nSPS) is 11.4. The lowest BCUT2D eigenvalue weighted by atomic mass is 10.1. The van der Waals surface area contributed by atoms with E-state index in [1.54, 1.807) is 36.4 Å². The topological polar surface area (TPSA) is 46.2 Å². The first-order valence-electron chi connectivity index (χ1n) is 6.31. The molecule has 0 amide bonds. The van der Waals surface area contributed by atoms with Gasteiger partial charge < -0.3 is 0 Å². The van der Waals surface area contributed by atoms with Crippen LogP contribution in [0.4, 0.5) is 4.39 Å². The summed E-state index contributed by atoms with van der Waals surface area (Å²) in [5.41, 5.74) is 1.51. The number of nitrogens with one attached hydrogen (secondary N) is 1. The second-order valence-electron chi connectivity index (χ2n) is 4.52. The maximum Gasteiger partial charge on any atom is 0.215 e. The van der Waals surface area contributed by atoms with Crippen LogP contribution in [0.5, 0.6) is 0 Å². The van der Waals surface area contributed by atoms with E-state index < -0.39 is 10.0 Å². The van der Waals surface area contributed by atoms with Crippen LogP contribution in [-0.2, 0) is 22.2 Å². The Morgan fingerprint density at radius 1 is 0.950 bits per heavy atom. The summed E-state index contributed by atoms with van der Waals surface area (Å²) >= 11 is 0. The first-order chi connectivity index (χ1) is 9.55. The number of hydrogen-bond acceptors (Lipinski definition) is 2. The maximum absolute atomic E-state index is 13.0. The molecule has 0 fully saturated rings. The fourth-order valence-electron chi connectivity index (χ4n) is 1.89. The highest BCUT2D eigenvalue weighted by molar-refractivity contribution is 7.88. The third kappa shape index (κ3) is 4.75. The van der Waals surface area contributed by atoms with E-state index >= 15 is 0 Å². The van der Waals surface area contributed by atoms with Crippen molar-refractivity contribution in [3.05, 3.63) is 71.5 Å². The Kier molecular flexibility index (Phi) is 4.87. The molecule has 0 bridgehead atoms. The van der Waals surface area contributed by atoms with Crippen molar-refractivity contribution >= 4 is 10.0 Å². The van der Waals surface area contributed by atoms with Crippen LogP contribution in [0.2, 0.25) is 0 Å². The van der Waals surface area contributed by atoms with E-state index in [0.717, 1.165) is 11.1 Å². The zero-order valence-electron chi connectivity index (χ0n) is 10.9. The minimum Gasteiger partial charge on any atom is -0.215 e.